The van der Waals surface area contributed by atoms with Gasteiger partial charge in [-0.25, -0.2) is 0 Å². The maximum atomic E-state index is 6.46. The van der Waals surface area contributed by atoms with Crippen LogP contribution in [0.2, 0.25) is 0 Å². The van der Waals surface area contributed by atoms with Gasteiger partial charge >= 0.3 is 0 Å². The number of benzene rings is 3. The lowest BCUT2D eigenvalue weighted by Gasteiger charge is -2.17. The summed E-state index contributed by atoms with van der Waals surface area (Å²) in [7, 11) is 3.36. The lowest BCUT2D eigenvalue weighted by Crippen LogP contribution is -2.25. The zero-order valence-corrected chi connectivity index (χ0v) is 22.9. The second kappa shape index (κ2) is 13.4. The Morgan fingerprint density at radius 3 is 2.00 bits per heavy atom. The molecule has 0 fully saturated rings. The van der Waals surface area contributed by atoms with Gasteiger partial charge in [-0.3, -0.25) is 0 Å². The molecule has 0 aliphatic rings. The zero-order chi connectivity index (χ0) is 24.6. The number of hydrogen-bond acceptors (Lipinski definition) is 6. The first kappa shape index (κ1) is 27.7. The molecule has 0 radical (unpaired) electrons. The Morgan fingerprint density at radius 1 is 0.750 bits per heavy atom. The second-order valence-electron chi connectivity index (χ2n) is 8.15. The molecule has 1 aromatic heterocycles. The minimum absolute atomic E-state index is 0. The molecule has 0 atom stereocenters. The highest BCUT2D eigenvalue weighted by Crippen LogP contribution is 2.47. The van der Waals surface area contributed by atoms with Crippen LogP contribution < -0.4 is 18.9 Å². The molecule has 4 rings (SSSR count). The molecule has 0 saturated carbocycles. The fourth-order valence-electron chi connectivity index (χ4n) is 3.95. The molecule has 0 bridgehead atoms. The Bertz CT molecular complexity index is 1220. The van der Waals surface area contributed by atoms with Crippen LogP contribution in [0.5, 0.6) is 28.7 Å². The fraction of sp³-hybridized carbons (Fsp3) is 0.310. The second-order valence-corrected chi connectivity index (χ2v) is 9.21. The van der Waals surface area contributed by atoms with Crippen LogP contribution in [0.1, 0.15) is 20.3 Å². The Morgan fingerprint density at radius 2 is 1.36 bits per heavy atom. The summed E-state index contributed by atoms with van der Waals surface area (Å²) in [5.74, 6) is 4.12. The van der Waals surface area contributed by atoms with E-state index >= 15 is 0 Å². The summed E-state index contributed by atoms with van der Waals surface area (Å²) in [4.78, 5) is 3.47. The van der Waals surface area contributed by atoms with E-state index in [0.29, 0.717) is 6.61 Å². The van der Waals surface area contributed by atoms with Crippen molar-refractivity contribution in [1.29, 1.82) is 0 Å². The highest BCUT2D eigenvalue weighted by Gasteiger charge is 2.17. The van der Waals surface area contributed by atoms with Gasteiger partial charge in [0.1, 0.15) is 23.0 Å². The fourth-order valence-corrected chi connectivity index (χ4v) is 5.12. The van der Waals surface area contributed by atoms with Crippen LogP contribution in [0.3, 0.4) is 0 Å². The van der Waals surface area contributed by atoms with Gasteiger partial charge in [0.25, 0.3) is 0 Å². The highest BCUT2D eigenvalue weighted by atomic mass is 35.5. The van der Waals surface area contributed by atoms with E-state index in [2.05, 4.69) is 43.0 Å². The summed E-state index contributed by atoms with van der Waals surface area (Å²) in [6.07, 6.45) is 1.01. The predicted octanol–water partition coefficient (Wildman–Crippen LogP) is 7.91. The molecule has 0 unspecified atom stereocenters. The first-order valence-electron chi connectivity index (χ1n) is 12.0. The molecule has 0 saturated heterocycles. The molecule has 4 aromatic rings. The van der Waals surface area contributed by atoms with Crippen molar-refractivity contribution in [2.24, 2.45) is 0 Å². The van der Waals surface area contributed by atoms with E-state index in [1.54, 1.807) is 25.6 Å². The van der Waals surface area contributed by atoms with Crippen LogP contribution in [0.25, 0.3) is 20.5 Å². The molecule has 36 heavy (non-hydrogen) atoms. The summed E-state index contributed by atoms with van der Waals surface area (Å²) in [6.45, 7) is 8.29. The summed E-state index contributed by atoms with van der Waals surface area (Å²) >= 11 is 1.69. The van der Waals surface area contributed by atoms with Crippen molar-refractivity contribution >= 4 is 33.8 Å². The third-order valence-electron chi connectivity index (χ3n) is 6.03. The zero-order valence-electron chi connectivity index (χ0n) is 21.3. The van der Waals surface area contributed by atoms with Crippen molar-refractivity contribution in [3.8, 4) is 39.2 Å². The van der Waals surface area contributed by atoms with E-state index in [1.165, 1.54) is 0 Å². The number of fused-ring (bicyclic) bond motifs is 1. The Labute approximate surface area is 224 Å². The van der Waals surface area contributed by atoms with Gasteiger partial charge in [0, 0.05) is 16.6 Å². The normalized spacial score (nSPS) is 10.8. The number of methoxy groups -OCH3 is 2. The Balaban J connectivity index is 0.00000361. The van der Waals surface area contributed by atoms with Crippen molar-refractivity contribution in [3.63, 3.8) is 0 Å². The van der Waals surface area contributed by atoms with Crippen LogP contribution in [-0.4, -0.2) is 45.4 Å². The lowest BCUT2D eigenvalue weighted by atomic mass is 10.1. The SMILES string of the molecule is CCN(CC)CCCOc1ccc(Oc2c(-c3ccc(OC)cc3)sc3cc(OC)ccc23)cc1.Cl. The molecule has 0 spiro atoms. The van der Waals surface area contributed by atoms with E-state index in [-0.39, 0.29) is 12.4 Å². The summed E-state index contributed by atoms with van der Waals surface area (Å²) in [5.41, 5.74) is 1.08. The summed E-state index contributed by atoms with van der Waals surface area (Å²) in [6, 6.07) is 22.0. The molecular weight excluding hydrogens is 494 g/mol. The number of hydrogen-bond donors (Lipinski definition) is 0. The van der Waals surface area contributed by atoms with Crippen molar-refractivity contribution in [2.45, 2.75) is 20.3 Å². The van der Waals surface area contributed by atoms with Crippen LogP contribution in [-0.2, 0) is 0 Å². The minimum atomic E-state index is 0. The number of rotatable bonds is 12. The molecule has 192 valence electrons. The molecule has 0 amide bonds. The maximum absolute atomic E-state index is 6.46. The first-order chi connectivity index (χ1) is 17.1. The number of nitrogens with zero attached hydrogens (tertiary/aromatic N) is 1. The first-order valence-corrected chi connectivity index (χ1v) is 12.8. The van der Waals surface area contributed by atoms with Crippen molar-refractivity contribution in [2.75, 3.05) is 40.5 Å². The standard InChI is InChI=1S/C29H33NO4S.ClH/c1-5-30(6-2)18-7-19-33-23-12-14-24(15-13-23)34-28-26-17-16-25(32-4)20-27(26)35-29(28)21-8-10-22(31-3)11-9-21;/h8-17,20H,5-7,18-19H2,1-4H3;1H. The molecule has 7 heteroatoms. The highest BCUT2D eigenvalue weighted by molar-refractivity contribution is 7.22. The van der Waals surface area contributed by atoms with E-state index in [9.17, 15) is 0 Å². The van der Waals surface area contributed by atoms with Gasteiger partial charge in [-0.2, -0.15) is 0 Å². The van der Waals surface area contributed by atoms with Crippen LogP contribution >= 0.6 is 23.7 Å². The van der Waals surface area contributed by atoms with E-state index in [4.69, 9.17) is 18.9 Å². The smallest absolute Gasteiger partial charge is 0.153 e. The lowest BCUT2D eigenvalue weighted by molar-refractivity contribution is 0.249. The van der Waals surface area contributed by atoms with E-state index in [1.807, 2.05) is 42.5 Å². The molecule has 0 aliphatic carbocycles. The number of halogens is 1. The number of thiophene rings is 1. The van der Waals surface area contributed by atoms with Crippen molar-refractivity contribution < 1.29 is 18.9 Å². The Hall–Kier alpha value is -2.93. The maximum Gasteiger partial charge on any atom is 0.153 e. The van der Waals surface area contributed by atoms with Crippen molar-refractivity contribution in [3.05, 3.63) is 66.7 Å². The van der Waals surface area contributed by atoms with Gasteiger partial charge in [0.15, 0.2) is 5.75 Å². The molecule has 1 heterocycles. The molecule has 0 N–H and O–H groups in total. The van der Waals surface area contributed by atoms with Crippen LogP contribution in [0, 0.1) is 0 Å². The largest absolute Gasteiger partial charge is 0.497 e. The van der Waals surface area contributed by atoms with Gasteiger partial charge in [0.2, 0.25) is 0 Å². The third kappa shape index (κ3) is 6.64. The summed E-state index contributed by atoms with van der Waals surface area (Å²) in [5, 5.41) is 1.05. The molecule has 0 aliphatic heterocycles. The average molecular weight is 528 g/mol. The van der Waals surface area contributed by atoms with Gasteiger partial charge in [-0.1, -0.05) is 13.8 Å². The van der Waals surface area contributed by atoms with Crippen LogP contribution in [0.15, 0.2) is 66.7 Å². The van der Waals surface area contributed by atoms with Gasteiger partial charge in [0.05, 0.1) is 25.7 Å². The van der Waals surface area contributed by atoms with Crippen LogP contribution in [0.4, 0.5) is 0 Å². The molecular formula is C29H34ClNO4S. The van der Waals surface area contributed by atoms with E-state index in [0.717, 1.165) is 75.3 Å². The van der Waals surface area contributed by atoms with Crippen molar-refractivity contribution in [1.82, 2.24) is 4.90 Å². The van der Waals surface area contributed by atoms with Gasteiger partial charge in [-0.05, 0) is 91.8 Å². The quantitative estimate of drug-likeness (QED) is 0.175. The topological polar surface area (TPSA) is 40.2 Å². The third-order valence-corrected chi connectivity index (χ3v) is 7.21. The average Bonchev–Trinajstić information content (AvgIpc) is 3.27. The minimum Gasteiger partial charge on any atom is -0.497 e. The monoisotopic (exact) mass is 527 g/mol. The number of ether oxygens (including phenoxy) is 4. The summed E-state index contributed by atoms with van der Waals surface area (Å²) < 4.78 is 24.3. The molecule has 5 nitrogen and oxygen atoms in total. The van der Waals surface area contributed by atoms with E-state index < -0.39 is 0 Å². The van der Waals surface area contributed by atoms with Gasteiger partial charge < -0.3 is 23.8 Å². The van der Waals surface area contributed by atoms with Gasteiger partial charge in [-0.15, -0.1) is 23.7 Å². The predicted molar refractivity (Wildman–Crippen MR) is 152 cm³/mol. The molecule has 3 aromatic carbocycles. The Kier molecular flexibility index (Phi) is 10.3.